The fourth-order valence-corrected chi connectivity index (χ4v) is 1.72. The van der Waals surface area contributed by atoms with Gasteiger partial charge in [0.15, 0.2) is 0 Å². The molecule has 72 valence electrons. The second-order valence-electron chi connectivity index (χ2n) is 3.98. The van der Waals surface area contributed by atoms with E-state index in [-0.39, 0.29) is 0 Å². The van der Waals surface area contributed by atoms with Crippen LogP contribution >= 0.6 is 0 Å². The maximum atomic E-state index is 8.05. The first-order chi connectivity index (χ1) is 6.64. The lowest BCUT2D eigenvalue weighted by molar-refractivity contribution is 0.817. The fraction of sp³-hybridized carbons (Fsp3) is 0.538. The summed E-state index contributed by atoms with van der Waals surface area (Å²) in [6.07, 6.45) is 0. The van der Waals surface area contributed by atoms with Crippen molar-refractivity contribution in [2.24, 2.45) is 0 Å². The van der Waals surface area contributed by atoms with Crippen LogP contribution in [0.3, 0.4) is 0 Å². The van der Waals surface area contributed by atoms with Gasteiger partial charge in [-0.2, -0.15) is 0 Å². The van der Waals surface area contributed by atoms with Gasteiger partial charge in [0.1, 0.15) is 0 Å². The van der Waals surface area contributed by atoms with Gasteiger partial charge in [-0.25, -0.2) is 0 Å². The van der Waals surface area contributed by atoms with Crippen LogP contribution in [0.25, 0.3) is 0 Å². The van der Waals surface area contributed by atoms with E-state index in [0.29, 0.717) is 0 Å². The molecule has 0 amide bonds. The first-order valence-corrected chi connectivity index (χ1v) is 4.74. The summed E-state index contributed by atoms with van der Waals surface area (Å²) in [6.45, 7) is 9.55. The molecule has 0 aliphatic rings. The van der Waals surface area contributed by atoms with E-state index >= 15 is 0 Å². The zero-order valence-corrected chi connectivity index (χ0v) is 9.23. The summed E-state index contributed by atoms with van der Waals surface area (Å²) in [5.74, 6) is -1.18. The number of benzene rings is 1. The van der Waals surface area contributed by atoms with Crippen LogP contribution in [0, 0.1) is 6.92 Å². The van der Waals surface area contributed by atoms with Gasteiger partial charge in [0.05, 0.1) is 0 Å². The number of hydrogen-bond donors (Lipinski definition) is 0. The van der Waals surface area contributed by atoms with Crippen molar-refractivity contribution in [3.8, 4) is 0 Å². The van der Waals surface area contributed by atoms with Gasteiger partial charge in [0.25, 0.3) is 0 Å². The highest BCUT2D eigenvalue weighted by molar-refractivity contribution is 5.37. The molecule has 0 nitrogen and oxygen atoms in total. The molecule has 1 rings (SSSR count). The standard InChI is InChI=1S/C13H20/c1-9(2)12-7-6-8-13(10(3)4)11(12)5/h6-10H,1-5H3/i9D,10D. The number of rotatable bonds is 2. The third-order valence-corrected chi connectivity index (χ3v) is 2.41. The van der Waals surface area contributed by atoms with Crippen molar-refractivity contribution in [3.63, 3.8) is 0 Å². The topological polar surface area (TPSA) is 0 Å². The zero-order chi connectivity index (χ0) is 11.9. The zero-order valence-electron chi connectivity index (χ0n) is 11.2. The summed E-state index contributed by atoms with van der Waals surface area (Å²) in [5.41, 5.74) is 3.11. The van der Waals surface area contributed by atoms with Crippen LogP contribution in [0.1, 0.15) is 58.9 Å². The minimum atomic E-state index is -0.592. The Balaban J connectivity index is 3.37. The second kappa shape index (κ2) is 3.95. The maximum Gasteiger partial charge on any atom is 0.0347 e. The summed E-state index contributed by atoms with van der Waals surface area (Å²) >= 11 is 0. The molecule has 0 heteroatoms. The highest BCUT2D eigenvalue weighted by Gasteiger charge is 2.08. The van der Waals surface area contributed by atoms with Crippen molar-refractivity contribution >= 4 is 0 Å². The van der Waals surface area contributed by atoms with Crippen LogP contribution in [0.2, 0.25) is 0 Å². The van der Waals surface area contributed by atoms with Crippen molar-refractivity contribution in [1.82, 2.24) is 0 Å². The molecule has 0 atom stereocenters. The molecule has 0 aliphatic heterocycles. The molecule has 0 fully saturated rings. The average Bonchev–Trinajstić information content (AvgIpc) is 1.99. The molecule has 1 aromatic carbocycles. The normalized spacial score (nSPS) is 15.2. The molecule has 0 aliphatic carbocycles. The Morgan fingerprint density at radius 2 is 1.38 bits per heavy atom. The van der Waals surface area contributed by atoms with E-state index in [1.54, 1.807) is 0 Å². The SMILES string of the molecule is [2H]C(C)(C)c1cccc(C([2H])(C)C)c1C. The molecule has 0 N–H and O–H groups in total. The third-order valence-electron chi connectivity index (χ3n) is 2.41. The molecule has 0 heterocycles. The molecular weight excluding hydrogens is 156 g/mol. The monoisotopic (exact) mass is 178 g/mol. The van der Waals surface area contributed by atoms with Gasteiger partial charge >= 0.3 is 0 Å². The Hall–Kier alpha value is -0.780. The van der Waals surface area contributed by atoms with Crippen LogP contribution < -0.4 is 0 Å². The van der Waals surface area contributed by atoms with Crippen LogP contribution in [0.15, 0.2) is 18.2 Å². The first kappa shape index (κ1) is 7.61. The predicted octanol–water partition coefficient (Wildman–Crippen LogP) is 4.24. The first-order valence-electron chi connectivity index (χ1n) is 5.74. The van der Waals surface area contributed by atoms with Crippen LogP contribution in [-0.4, -0.2) is 0 Å². The average molecular weight is 178 g/mol. The minimum Gasteiger partial charge on any atom is -0.0617 e. The highest BCUT2D eigenvalue weighted by Crippen LogP contribution is 2.26. The van der Waals surface area contributed by atoms with Crippen molar-refractivity contribution in [2.45, 2.75) is 46.4 Å². The smallest absolute Gasteiger partial charge is 0.0347 e. The van der Waals surface area contributed by atoms with Gasteiger partial charge in [-0.1, -0.05) is 45.9 Å². The molecule has 13 heavy (non-hydrogen) atoms. The number of hydrogen-bond acceptors (Lipinski definition) is 0. The lowest BCUT2D eigenvalue weighted by atomic mass is 9.90. The van der Waals surface area contributed by atoms with Gasteiger partial charge in [0, 0.05) is 2.74 Å². The third kappa shape index (κ3) is 2.12. The van der Waals surface area contributed by atoms with E-state index in [4.69, 9.17) is 2.74 Å². The summed E-state index contributed by atoms with van der Waals surface area (Å²) in [4.78, 5) is 0. The highest BCUT2D eigenvalue weighted by atomic mass is 14.1. The van der Waals surface area contributed by atoms with Crippen molar-refractivity contribution in [2.75, 3.05) is 0 Å². The van der Waals surface area contributed by atoms with Crippen LogP contribution in [0.5, 0.6) is 0 Å². The Kier molecular flexibility index (Phi) is 2.31. The second-order valence-corrected chi connectivity index (χ2v) is 3.98. The van der Waals surface area contributed by atoms with Gasteiger partial charge in [-0.3, -0.25) is 0 Å². The molecule has 0 aromatic heterocycles. The van der Waals surface area contributed by atoms with Crippen molar-refractivity contribution < 1.29 is 2.74 Å². The minimum absolute atomic E-state index is 0.592. The van der Waals surface area contributed by atoms with Gasteiger partial charge < -0.3 is 0 Å². The Morgan fingerprint density at radius 3 is 1.69 bits per heavy atom. The van der Waals surface area contributed by atoms with Crippen LogP contribution in [0.4, 0.5) is 0 Å². The molecule has 0 spiro atoms. The van der Waals surface area contributed by atoms with E-state index in [1.807, 2.05) is 52.8 Å². The van der Waals surface area contributed by atoms with Gasteiger partial charge in [0.2, 0.25) is 0 Å². The maximum absolute atomic E-state index is 8.05. The summed E-state index contributed by atoms with van der Waals surface area (Å²) in [7, 11) is 0. The Bertz CT molecular complexity index is 322. The van der Waals surface area contributed by atoms with E-state index in [9.17, 15) is 0 Å². The van der Waals surface area contributed by atoms with Crippen molar-refractivity contribution in [1.29, 1.82) is 0 Å². The molecule has 0 bridgehead atoms. The molecule has 0 unspecified atom stereocenters. The molecular formula is C13H20. The lowest BCUT2D eigenvalue weighted by Gasteiger charge is -2.16. The molecule has 0 radical (unpaired) electrons. The largest absolute Gasteiger partial charge is 0.0617 e. The predicted molar refractivity (Wildman–Crippen MR) is 59.4 cm³/mol. The summed E-state index contributed by atoms with van der Waals surface area (Å²) in [6, 6.07) is 5.92. The van der Waals surface area contributed by atoms with Gasteiger partial charge in [-0.15, -0.1) is 0 Å². The molecule has 0 saturated carbocycles. The molecule has 1 aromatic rings. The van der Waals surface area contributed by atoms with E-state index < -0.39 is 11.8 Å². The van der Waals surface area contributed by atoms with Crippen LogP contribution in [-0.2, 0) is 0 Å². The summed E-state index contributed by atoms with van der Waals surface area (Å²) in [5, 5.41) is 0. The van der Waals surface area contributed by atoms with E-state index in [2.05, 4.69) is 0 Å². The van der Waals surface area contributed by atoms with Crippen molar-refractivity contribution in [3.05, 3.63) is 34.9 Å². The summed E-state index contributed by atoms with van der Waals surface area (Å²) < 4.78 is 16.1. The quantitative estimate of drug-likeness (QED) is 0.635. The Labute approximate surface area is 84.8 Å². The van der Waals surface area contributed by atoms with E-state index in [1.165, 1.54) is 0 Å². The lowest BCUT2D eigenvalue weighted by Crippen LogP contribution is -1.98. The fourth-order valence-electron chi connectivity index (χ4n) is 1.72. The van der Waals surface area contributed by atoms with Gasteiger partial charge in [-0.05, 0) is 35.4 Å². The van der Waals surface area contributed by atoms with E-state index in [0.717, 1.165) is 16.7 Å². The Morgan fingerprint density at radius 1 is 1.00 bits per heavy atom. The molecule has 0 saturated heterocycles.